The van der Waals surface area contributed by atoms with Crippen LogP contribution in [0.3, 0.4) is 0 Å². The van der Waals surface area contributed by atoms with Gasteiger partial charge in [0.25, 0.3) is 5.91 Å². The molecule has 0 spiro atoms. The van der Waals surface area contributed by atoms with E-state index in [1.54, 1.807) is 19.1 Å². The second-order valence-corrected chi connectivity index (χ2v) is 5.35. The maximum absolute atomic E-state index is 12.0. The molecular formula is C16H21NO4. The van der Waals surface area contributed by atoms with Crippen molar-refractivity contribution in [1.82, 2.24) is 5.32 Å². The lowest BCUT2D eigenvalue weighted by Crippen LogP contribution is -2.41. The Bertz CT molecular complexity index is 520. The number of amides is 1. The molecule has 1 aromatic carbocycles. The van der Waals surface area contributed by atoms with E-state index in [9.17, 15) is 14.4 Å². The van der Waals surface area contributed by atoms with E-state index < -0.39 is 17.9 Å². The number of carbonyl (C=O) groups is 3. The summed E-state index contributed by atoms with van der Waals surface area (Å²) in [5.41, 5.74) is 0.892. The molecule has 0 aliphatic carbocycles. The highest BCUT2D eigenvalue weighted by Gasteiger charge is 2.21. The summed E-state index contributed by atoms with van der Waals surface area (Å²) in [5, 5.41) is 11.6. The molecule has 1 atom stereocenters. The quantitative estimate of drug-likeness (QED) is 0.756. The number of benzene rings is 1. The van der Waals surface area contributed by atoms with E-state index in [1.165, 1.54) is 12.1 Å². The Balaban J connectivity index is 2.78. The molecule has 21 heavy (non-hydrogen) atoms. The van der Waals surface area contributed by atoms with Crippen molar-refractivity contribution in [1.29, 1.82) is 0 Å². The number of hydrogen-bond acceptors (Lipinski definition) is 3. The molecule has 0 aliphatic heterocycles. The monoisotopic (exact) mass is 291 g/mol. The first-order valence-electron chi connectivity index (χ1n) is 7.02. The molecule has 1 aromatic rings. The van der Waals surface area contributed by atoms with Crippen molar-refractivity contribution < 1.29 is 19.5 Å². The summed E-state index contributed by atoms with van der Waals surface area (Å²) in [5.74, 6) is -1.32. The third kappa shape index (κ3) is 5.02. The average molecular weight is 291 g/mol. The average Bonchev–Trinajstić information content (AvgIpc) is 2.45. The third-order valence-corrected chi connectivity index (χ3v) is 3.10. The Hall–Kier alpha value is -2.17. The summed E-state index contributed by atoms with van der Waals surface area (Å²) in [6.45, 7) is 5.56. The number of ketones is 1. The smallest absolute Gasteiger partial charge is 0.326 e. The van der Waals surface area contributed by atoms with Crippen LogP contribution in [0.4, 0.5) is 0 Å². The molecule has 1 rings (SSSR count). The summed E-state index contributed by atoms with van der Waals surface area (Å²) >= 11 is 0. The molecule has 5 heteroatoms. The second-order valence-electron chi connectivity index (χ2n) is 5.35. The van der Waals surface area contributed by atoms with Crippen molar-refractivity contribution in [3.63, 3.8) is 0 Å². The lowest BCUT2D eigenvalue weighted by Gasteiger charge is -2.16. The first kappa shape index (κ1) is 16.9. The van der Waals surface area contributed by atoms with Gasteiger partial charge in [-0.3, -0.25) is 9.59 Å². The van der Waals surface area contributed by atoms with Gasteiger partial charge in [0.1, 0.15) is 6.04 Å². The predicted molar refractivity (Wildman–Crippen MR) is 79.4 cm³/mol. The van der Waals surface area contributed by atoms with Gasteiger partial charge in [0.2, 0.25) is 0 Å². The molecule has 0 saturated heterocycles. The summed E-state index contributed by atoms with van der Waals surface area (Å²) < 4.78 is 0. The highest BCUT2D eigenvalue weighted by Crippen LogP contribution is 2.09. The predicted octanol–water partition coefficient (Wildman–Crippen LogP) is 2.51. The Morgan fingerprint density at radius 3 is 2.05 bits per heavy atom. The zero-order valence-corrected chi connectivity index (χ0v) is 12.6. The van der Waals surface area contributed by atoms with Crippen LogP contribution in [0.5, 0.6) is 0 Å². The van der Waals surface area contributed by atoms with Gasteiger partial charge in [-0.15, -0.1) is 0 Å². The summed E-state index contributed by atoms with van der Waals surface area (Å²) in [6, 6.07) is 5.33. The molecule has 0 aliphatic rings. The zero-order chi connectivity index (χ0) is 16.0. The van der Waals surface area contributed by atoms with Gasteiger partial charge in [0.15, 0.2) is 5.78 Å². The van der Waals surface area contributed by atoms with Gasteiger partial charge in [-0.1, -0.05) is 32.9 Å². The summed E-state index contributed by atoms with van der Waals surface area (Å²) in [6.07, 6.45) is 0.772. The van der Waals surface area contributed by atoms with Gasteiger partial charge in [0, 0.05) is 17.5 Å². The molecule has 2 N–H and O–H groups in total. The molecule has 114 valence electrons. The van der Waals surface area contributed by atoms with Gasteiger partial charge in [-0.2, -0.15) is 0 Å². The molecule has 5 nitrogen and oxygen atoms in total. The molecule has 0 heterocycles. The van der Waals surface area contributed by atoms with Gasteiger partial charge in [-0.05, 0) is 24.5 Å². The van der Waals surface area contributed by atoms with Crippen LogP contribution in [0.1, 0.15) is 54.3 Å². The lowest BCUT2D eigenvalue weighted by molar-refractivity contribution is -0.139. The topological polar surface area (TPSA) is 83.5 Å². The fourth-order valence-corrected chi connectivity index (χ4v) is 1.95. The Labute approximate surface area is 124 Å². The van der Waals surface area contributed by atoms with E-state index in [0.717, 1.165) is 0 Å². The third-order valence-electron chi connectivity index (χ3n) is 3.10. The standard InChI is InChI=1S/C16H21NO4/c1-4-14(18)11-5-7-12(8-6-11)15(19)17-13(16(20)21)9-10(2)3/h5-8,10,13H,4,9H2,1-3H3,(H,17,19)(H,20,21)/t13-/m0/s1. The van der Waals surface area contributed by atoms with E-state index >= 15 is 0 Å². The highest BCUT2D eigenvalue weighted by atomic mass is 16.4. The van der Waals surface area contributed by atoms with Crippen LogP contribution in [-0.2, 0) is 4.79 Å². The fourth-order valence-electron chi connectivity index (χ4n) is 1.95. The molecule has 0 radical (unpaired) electrons. The fraction of sp³-hybridized carbons (Fsp3) is 0.438. The summed E-state index contributed by atoms with van der Waals surface area (Å²) in [7, 11) is 0. The van der Waals surface area contributed by atoms with Crippen molar-refractivity contribution >= 4 is 17.7 Å². The van der Waals surface area contributed by atoms with Crippen LogP contribution in [-0.4, -0.2) is 28.8 Å². The van der Waals surface area contributed by atoms with E-state index in [0.29, 0.717) is 24.0 Å². The van der Waals surface area contributed by atoms with Crippen molar-refractivity contribution in [3.05, 3.63) is 35.4 Å². The van der Waals surface area contributed by atoms with Crippen molar-refractivity contribution in [2.24, 2.45) is 5.92 Å². The highest BCUT2D eigenvalue weighted by molar-refractivity contribution is 5.99. The van der Waals surface area contributed by atoms with Crippen molar-refractivity contribution in [2.45, 2.75) is 39.7 Å². The zero-order valence-electron chi connectivity index (χ0n) is 12.6. The number of carbonyl (C=O) groups excluding carboxylic acids is 2. The Kier molecular flexibility index (Phi) is 6.09. The SMILES string of the molecule is CCC(=O)c1ccc(C(=O)N[C@@H](CC(C)C)C(=O)O)cc1. The first-order chi connectivity index (χ1) is 9.85. The molecule has 0 saturated carbocycles. The van der Waals surface area contributed by atoms with Crippen LogP contribution in [0.15, 0.2) is 24.3 Å². The molecule has 0 fully saturated rings. The van der Waals surface area contributed by atoms with Gasteiger partial charge >= 0.3 is 5.97 Å². The number of Topliss-reactive ketones (excluding diaryl/α,β-unsaturated/α-hetero) is 1. The maximum atomic E-state index is 12.0. The Morgan fingerprint density at radius 2 is 1.62 bits per heavy atom. The number of carboxylic acids is 1. The van der Waals surface area contributed by atoms with Gasteiger partial charge in [0.05, 0.1) is 0 Å². The van der Waals surface area contributed by atoms with Crippen molar-refractivity contribution in [2.75, 3.05) is 0 Å². The van der Waals surface area contributed by atoms with E-state index in [1.807, 2.05) is 13.8 Å². The minimum Gasteiger partial charge on any atom is -0.480 e. The minimum atomic E-state index is -1.05. The van der Waals surface area contributed by atoms with Crippen LogP contribution in [0.2, 0.25) is 0 Å². The van der Waals surface area contributed by atoms with Gasteiger partial charge < -0.3 is 10.4 Å². The molecule has 0 bridgehead atoms. The first-order valence-corrected chi connectivity index (χ1v) is 7.02. The maximum Gasteiger partial charge on any atom is 0.326 e. The van der Waals surface area contributed by atoms with E-state index in [2.05, 4.69) is 5.32 Å². The molecule has 0 aromatic heterocycles. The normalized spacial score (nSPS) is 12.0. The van der Waals surface area contributed by atoms with Gasteiger partial charge in [-0.25, -0.2) is 4.79 Å². The molecule has 1 amide bonds. The summed E-state index contributed by atoms with van der Waals surface area (Å²) in [4.78, 5) is 34.7. The van der Waals surface area contributed by atoms with Crippen LogP contribution in [0, 0.1) is 5.92 Å². The number of aliphatic carboxylic acids is 1. The molecule has 0 unspecified atom stereocenters. The van der Waals surface area contributed by atoms with Crippen LogP contribution >= 0.6 is 0 Å². The number of nitrogens with one attached hydrogen (secondary N) is 1. The minimum absolute atomic E-state index is 0.00479. The largest absolute Gasteiger partial charge is 0.480 e. The van der Waals surface area contributed by atoms with Crippen LogP contribution in [0.25, 0.3) is 0 Å². The number of hydrogen-bond donors (Lipinski definition) is 2. The lowest BCUT2D eigenvalue weighted by atomic mass is 10.0. The van der Waals surface area contributed by atoms with Crippen LogP contribution < -0.4 is 5.32 Å². The number of carboxylic acid groups (broad SMARTS) is 1. The van der Waals surface area contributed by atoms with E-state index in [-0.39, 0.29) is 11.7 Å². The van der Waals surface area contributed by atoms with Crippen molar-refractivity contribution in [3.8, 4) is 0 Å². The number of rotatable bonds is 7. The Morgan fingerprint density at radius 1 is 1.10 bits per heavy atom. The van der Waals surface area contributed by atoms with E-state index in [4.69, 9.17) is 5.11 Å². The molecular weight excluding hydrogens is 270 g/mol. The second kappa shape index (κ2) is 7.57.